The zero-order valence-corrected chi connectivity index (χ0v) is 11.7. The Bertz CT molecular complexity index is 411. The van der Waals surface area contributed by atoms with Gasteiger partial charge in [-0.3, -0.25) is 0 Å². The first kappa shape index (κ1) is 14.8. The van der Waals surface area contributed by atoms with Gasteiger partial charge in [-0.15, -0.1) is 0 Å². The summed E-state index contributed by atoms with van der Waals surface area (Å²) in [6, 6.07) is 7.95. The van der Waals surface area contributed by atoms with E-state index >= 15 is 0 Å². The molecule has 0 aliphatic rings. The van der Waals surface area contributed by atoms with Crippen molar-refractivity contribution in [3.8, 4) is 0 Å². The Labute approximate surface area is 113 Å². The van der Waals surface area contributed by atoms with E-state index in [2.05, 4.69) is 19.9 Å². The van der Waals surface area contributed by atoms with E-state index in [0.29, 0.717) is 0 Å². The van der Waals surface area contributed by atoms with Crippen LogP contribution in [-0.2, 0) is 10.5 Å². The monoisotopic (exact) mass is 264 g/mol. The smallest absolute Gasteiger partial charge is 0.328 e. The zero-order chi connectivity index (χ0) is 13.4. The first-order valence-corrected chi connectivity index (χ1v) is 7.31. The molecule has 1 rings (SSSR count). The Morgan fingerprint density at radius 1 is 1.39 bits per heavy atom. The lowest BCUT2D eigenvalue weighted by Crippen LogP contribution is -1.92. The van der Waals surface area contributed by atoms with Crippen LogP contribution in [0.25, 0.3) is 6.08 Å². The number of benzene rings is 1. The molecule has 0 spiro atoms. The maximum Gasteiger partial charge on any atom is 0.328 e. The molecular weight excluding hydrogens is 244 g/mol. The summed E-state index contributed by atoms with van der Waals surface area (Å²) in [5.41, 5.74) is 2.20. The minimum Gasteiger partial charge on any atom is -0.478 e. The van der Waals surface area contributed by atoms with E-state index in [9.17, 15) is 4.79 Å². The number of hydrogen-bond acceptors (Lipinski definition) is 2. The predicted octanol–water partition coefficient (Wildman–Crippen LogP) is 4.06. The molecule has 98 valence electrons. The Morgan fingerprint density at radius 2 is 2.11 bits per heavy atom. The van der Waals surface area contributed by atoms with Crippen LogP contribution < -0.4 is 0 Å². The number of thioether (sulfide) groups is 1. The molecule has 0 atom stereocenters. The SMILES string of the molecule is CC(C)CCSCc1ccccc1/C=C/C(=O)O. The summed E-state index contributed by atoms with van der Waals surface area (Å²) < 4.78 is 0. The van der Waals surface area contributed by atoms with Gasteiger partial charge in [0.25, 0.3) is 0 Å². The van der Waals surface area contributed by atoms with Gasteiger partial charge in [-0.1, -0.05) is 38.1 Å². The number of rotatable bonds is 7. The van der Waals surface area contributed by atoms with Gasteiger partial charge in [0.05, 0.1) is 0 Å². The van der Waals surface area contributed by atoms with Gasteiger partial charge in [0.1, 0.15) is 0 Å². The highest BCUT2D eigenvalue weighted by Crippen LogP contribution is 2.19. The van der Waals surface area contributed by atoms with E-state index in [1.165, 1.54) is 18.1 Å². The Hall–Kier alpha value is -1.22. The quantitative estimate of drug-likeness (QED) is 0.596. The van der Waals surface area contributed by atoms with Gasteiger partial charge in [0.15, 0.2) is 0 Å². The van der Waals surface area contributed by atoms with E-state index in [-0.39, 0.29) is 0 Å². The highest BCUT2D eigenvalue weighted by molar-refractivity contribution is 7.98. The van der Waals surface area contributed by atoms with Crippen LogP contribution in [-0.4, -0.2) is 16.8 Å². The van der Waals surface area contributed by atoms with E-state index < -0.39 is 5.97 Å². The first-order chi connectivity index (χ1) is 8.59. The molecule has 1 N–H and O–H groups in total. The fraction of sp³-hybridized carbons (Fsp3) is 0.400. The highest BCUT2D eigenvalue weighted by atomic mass is 32.2. The molecule has 0 amide bonds. The molecule has 0 heterocycles. The third-order valence-electron chi connectivity index (χ3n) is 2.56. The van der Waals surface area contributed by atoms with Crippen LogP contribution in [0, 0.1) is 5.92 Å². The van der Waals surface area contributed by atoms with Crippen LogP contribution in [0.3, 0.4) is 0 Å². The fourth-order valence-electron chi connectivity index (χ4n) is 1.49. The lowest BCUT2D eigenvalue weighted by atomic mass is 10.1. The molecule has 2 nitrogen and oxygen atoms in total. The van der Waals surface area contributed by atoms with E-state index in [1.54, 1.807) is 6.08 Å². The van der Waals surface area contributed by atoms with Crippen molar-refractivity contribution in [1.82, 2.24) is 0 Å². The minimum absolute atomic E-state index is 0.736. The van der Waals surface area contributed by atoms with E-state index in [4.69, 9.17) is 5.11 Å². The average Bonchev–Trinajstić information content (AvgIpc) is 2.33. The van der Waals surface area contributed by atoms with Crippen molar-refractivity contribution < 1.29 is 9.90 Å². The van der Waals surface area contributed by atoms with Crippen molar-refractivity contribution >= 4 is 23.8 Å². The fourth-order valence-corrected chi connectivity index (χ4v) is 2.76. The lowest BCUT2D eigenvalue weighted by molar-refractivity contribution is -0.131. The van der Waals surface area contributed by atoms with Gasteiger partial charge in [-0.2, -0.15) is 11.8 Å². The molecule has 0 radical (unpaired) electrons. The third kappa shape index (κ3) is 5.92. The second-order valence-corrected chi connectivity index (χ2v) is 5.71. The summed E-state index contributed by atoms with van der Waals surface area (Å²) in [6.07, 6.45) is 4.08. The molecule has 18 heavy (non-hydrogen) atoms. The largest absolute Gasteiger partial charge is 0.478 e. The molecule has 0 unspecified atom stereocenters. The number of carbonyl (C=O) groups is 1. The number of aliphatic carboxylic acids is 1. The summed E-state index contributed by atoms with van der Waals surface area (Å²) in [4.78, 5) is 10.5. The van der Waals surface area contributed by atoms with Crippen molar-refractivity contribution in [2.45, 2.75) is 26.0 Å². The van der Waals surface area contributed by atoms with Crippen LogP contribution in [0.1, 0.15) is 31.4 Å². The van der Waals surface area contributed by atoms with E-state index in [1.807, 2.05) is 30.0 Å². The van der Waals surface area contributed by atoms with Crippen LogP contribution in [0.4, 0.5) is 0 Å². The molecule has 0 aliphatic heterocycles. The summed E-state index contributed by atoms with van der Waals surface area (Å²) in [6.45, 7) is 4.45. The Balaban J connectivity index is 2.56. The second kappa shape index (κ2) is 7.98. The van der Waals surface area contributed by atoms with Crippen LogP contribution >= 0.6 is 11.8 Å². The van der Waals surface area contributed by atoms with Gasteiger partial charge in [-0.05, 0) is 35.3 Å². The topological polar surface area (TPSA) is 37.3 Å². The number of carboxylic acid groups (broad SMARTS) is 1. The Kier molecular flexibility index (Phi) is 6.58. The van der Waals surface area contributed by atoms with Crippen molar-refractivity contribution in [2.75, 3.05) is 5.75 Å². The summed E-state index contributed by atoms with van der Waals surface area (Å²) in [5, 5.41) is 8.65. The van der Waals surface area contributed by atoms with Crippen LogP contribution in [0.15, 0.2) is 30.3 Å². The number of hydrogen-bond donors (Lipinski definition) is 1. The summed E-state index contributed by atoms with van der Waals surface area (Å²) in [5.74, 6) is 1.92. The molecule has 0 aromatic heterocycles. The van der Waals surface area contributed by atoms with Crippen molar-refractivity contribution in [3.63, 3.8) is 0 Å². The van der Waals surface area contributed by atoms with Crippen molar-refractivity contribution in [2.24, 2.45) is 5.92 Å². The molecule has 0 fully saturated rings. The lowest BCUT2D eigenvalue weighted by Gasteiger charge is -2.07. The standard InChI is InChI=1S/C15H20O2S/c1-12(2)9-10-18-11-14-6-4-3-5-13(14)7-8-15(16)17/h3-8,12H,9-11H2,1-2H3,(H,16,17)/b8-7+. The number of carboxylic acids is 1. The van der Waals surface area contributed by atoms with Gasteiger partial charge in [0.2, 0.25) is 0 Å². The molecule has 0 bridgehead atoms. The summed E-state index contributed by atoms with van der Waals surface area (Å²) >= 11 is 1.90. The minimum atomic E-state index is -0.905. The normalized spacial score (nSPS) is 11.3. The van der Waals surface area contributed by atoms with Gasteiger partial charge in [-0.25, -0.2) is 4.79 Å². The molecule has 0 saturated carbocycles. The van der Waals surface area contributed by atoms with E-state index in [0.717, 1.165) is 23.0 Å². The van der Waals surface area contributed by atoms with Crippen molar-refractivity contribution in [3.05, 3.63) is 41.5 Å². The molecular formula is C15H20O2S. The molecule has 0 saturated heterocycles. The Morgan fingerprint density at radius 3 is 2.78 bits per heavy atom. The first-order valence-electron chi connectivity index (χ1n) is 6.16. The summed E-state index contributed by atoms with van der Waals surface area (Å²) in [7, 11) is 0. The average molecular weight is 264 g/mol. The molecule has 0 aliphatic carbocycles. The molecule has 1 aromatic carbocycles. The maximum absolute atomic E-state index is 10.5. The second-order valence-electron chi connectivity index (χ2n) is 4.61. The van der Waals surface area contributed by atoms with Crippen LogP contribution in [0.2, 0.25) is 0 Å². The highest BCUT2D eigenvalue weighted by Gasteiger charge is 2.00. The predicted molar refractivity (Wildman–Crippen MR) is 78.7 cm³/mol. The maximum atomic E-state index is 10.5. The molecule has 1 aromatic rings. The third-order valence-corrected chi connectivity index (χ3v) is 3.60. The zero-order valence-electron chi connectivity index (χ0n) is 10.9. The van der Waals surface area contributed by atoms with Crippen LogP contribution in [0.5, 0.6) is 0 Å². The van der Waals surface area contributed by atoms with Gasteiger partial charge >= 0.3 is 5.97 Å². The van der Waals surface area contributed by atoms with Gasteiger partial charge in [0, 0.05) is 11.8 Å². The van der Waals surface area contributed by atoms with Crippen molar-refractivity contribution in [1.29, 1.82) is 0 Å². The van der Waals surface area contributed by atoms with Gasteiger partial charge < -0.3 is 5.11 Å². The molecule has 3 heteroatoms.